The van der Waals surface area contributed by atoms with E-state index in [2.05, 4.69) is 20.2 Å². The number of benzene rings is 1. The van der Waals surface area contributed by atoms with Gasteiger partial charge in [-0.1, -0.05) is 11.2 Å². The molecule has 0 bridgehead atoms. The molecule has 0 radical (unpaired) electrons. The molecule has 12 heteroatoms. The third-order valence-electron chi connectivity index (χ3n) is 4.71. The molecule has 28 heavy (non-hydrogen) atoms. The van der Waals surface area contributed by atoms with E-state index >= 15 is 0 Å². The summed E-state index contributed by atoms with van der Waals surface area (Å²) in [4.78, 5) is 1.96. The quantitative estimate of drug-likeness (QED) is 0.689. The lowest BCUT2D eigenvalue weighted by Crippen LogP contribution is -2.43. The summed E-state index contributed by atoms with van der Waals surface area (Å²) in [5, 5.41) is 11.7. The monoisotopic (exact) mass is 410 g/mol. The van der Waals surface area contributed by atoms with E-state index in [0.717, 1.165) is 11.9 Å². The first-order chi connectivity index (χ1) is 13.3. The fraction of sp³-hybridized carbons (Fsp3) is 0.562. The van der Waals surface area contributed by atoms with Crippen molar-refractivity contribution in [3.63, 3.8) is 0 Å². The first-order valence-electron chi connectivity index (χ1n) is 8.75. The van der Waals surface area contributed by atoms with Gasteiger partial charge in [0.25, 0.3) is 0 Å². The van der Waals surface area contributed by atoms with Crippen LogP contribution in [0.25, 0.3) is 0 Å². The molecule has 3 heterocycles. The van der Waals surface area contributed by atoms with Crippen molar-refractivity contribution >= 4 is 15.7 Å². The van der Waals surface area contributed by atoms with Crippen molar-refractivity contribution in [3.05, 3.63) is 24.3 Å². The Morgan fingerprint density at radius 2 is 2.04 bits per heavy atom. The van der Waals surface area contributed by atoms with Crippen molar-refractivity contribution in [2.75, 3.05) is 38.5 Å². The van der Waals surface area contributed by atoms with E-state index in [1.54, 1.807) is 0 Å². The largest absolute Gasteiger partial charge is 0.423 e. The Bertz CT molecular complexity index is 949. The molecule has 0 saturated carbocycles. The third-order valence-corrected chi connectivity index (χ3v) is 5.44. The Labute approximate surface area is 162 Å². The van der Waals surface area contributed by atoms with E-state index in [9.17, 15) is 8.42 Å². The standard InChI is InChI=1S/C16H22N6O5S/c1-21(2)10-5-4-6-11(7-10)27-16-17-19-20-22(16)13-9-26-14-12(8-25-15(13)14)18-28(3,23)24/h4-7,12-15,18H,8-9H2,1-3H3/t12-,13+,14-,15+/m0/s1. The zero-order chi connectivity index (χ0) is 19.9. The van der Waals surface area contributed by atoms with Gasteiger partial charge >= 0.3 is 6.01 Å². The van der Waals surface area contributed by atoms with Gasteiger partial charge in [0.1, 0.15) is 24.0 Å². The highest BCUT2D eigenvalue weighted by molar-refractivity contribution is 7.88. The normalized spacial score (nSPS) is 27.0. The molecule has 11 nitrogen and oxygen atoms in total. The number of fused-ring (bicyclic) bond motifs is 1. The van der Waals surface area contributed by atoms with Gasteiger partial charge in [-0.05, 0) is 22.6 Å². The number of sulfonamides is 1. The molecule has 2 aliphatic heterocycles. The molecule has 1 N–H and O–H groups in total. The molecule has 2 fully saturated rings. The first-order valence-corrected chi connectivity index (χ1v) is 10.6. The Kier molecular flexibility index (Phi) is 4.95. The van der Waals surface area contributed by atoms with Crippen molar-refractivity contribution in [1.29, 1.82) is 0 Å². The zero-order valence-corrected chi connectivity index (χ0v) is 16.5. The minimum absolute atomic E-state index is 0.216. The van der Waals surface area contributed by atoms with E-state index in [4.69, 9.17) is 14.2 Å². The average Bonchev–Trinajstić information content (AvgIpc) is 3.32. The Morgan fingerprint density at radius 1 is 1.25 bits per heavy atom. The maximum Gasteiger partial charge on any atom is 0.341 e. The Morgan fingerprint density at radius 3 is 2.79 bits per heavy atom. The molecule has 4 rings (SSSR count). The summed E-state index contributed by atoms with van der Waals surface area (Å²) < 4.78 is 44.6. The lowest BCUT2D eigenvalue weighted by Gasteiger charge is -2.18. The summed E-state index contributed by atoms with van der Waals surface area (Å²) in [6.07, 6.45) is 0.328. The first kappa shape index (κ1) is 19.1. The van der Waals surface area contributed by atoms with Crippen LogP contribution >= 0.6 is 0 Å². The van der Waals surface area contributed by atoms with Gasteiger partial charge in [0.2, 0.25) is 10.0 Å². The summed E-state index contributed by atoms with van der Waals surface area (Å²) in [5.41, 5.74) is 0.981. The lowest BCUT2D eigenvalue weighted by molar-refractivity contribution is 0.0615. The summed E-state index contributed by atoms with van der Waals surface area (Å²) in [6, 6.07) is 7.00. The molecule has 4 atom stereocenters. The van der Waals surface area contributed by atoms with Crippen molar-refractivity contribution < 1.29 is 22.6 Å². The van der Waals surface area contributed by atoms with Gasteiger partial charge in [-0.25, -0.2) is 13.1 Å². The molecule has 0 spiro atoms. The molecule has 0 aliphatic carbocycles. The molecular weight excluding hydrogens is 388 g/mol. The van der Waals surface area contributed by atoms with Gasteiger partial charge in [-0.3, -0.25) is 0 Å². The molecule has 2 aromatic rings. The molecule has 2 aliphatic rings. The zero-order valence-electron chi connectivity index (χ0n) is 15.7. The van der Waals surface area contributed by atoms with Crippen LogP contribution in [0.4, 0.5) is 5.69 Å². The highest BCUT2D eigenvalue weighted by Gasteiger charge is 2.50. The third kappa shape index (κ3) is 3.81. The van der Waals surface area contributed by atoms with Crippen LogP contribution in [0, 0.1) is 0 Å². The molecular formula is C16H22N6O5S. The van der Waals surface area contributed by atoms with Crippen LogP contribution in [-0.2, 0) is 19.5 Å². The highest BCUT2D eigenvalue weighted by atomic mass is 32.2. The Hall–Kier alpha value is -2.28. The number of ether oxygens (including phenoxy) is 3. The van der Waals surface area contributed by atoms with Gasteiger partial charge in [-0.2, -0.15) is 4.68 Å². The van der Waals surface area contributed by atoms with Crippen molar-refractivity contribution in [1.82, 2.24) is 24.9 Å². The number of rotatable bonds is 6. The second-order valence-corrected chi connectivity index (χ2v) is 8.84. The fourth-order valence-corrected chi connectivity index (χ4v) is 4.21. The number of nitrogens with one attached hydrogen (secondary N) is 1. The number of anilines is 1. The molecule has 1 aromatic heterocycles. The average molecular weight is 410 g/mol. The Balaban J connectivity index is 1.52. The number of hydrogen-bond acceptors (Lipinski definition) is 9. The van der Waals surface area contributed by atoms with Gasteiger partial charge in [0, 0.05) is 25.8 Å². The highest BCUT2D eigenvalue weighted by Crippen LogP contribution is 2.36. The van der Waals surface area contributed by atoms with E-state index < -0.39 is 22.2 Å². The maximum atomic E-state index is 11.5. The predicted octanol–water partition coefficient (Wildman–Crippen LogP) is -0.212. The second kappa shape index (κ2) is 7.28. The van der Waals surface area contributed by atoms with Crippen molar-refractivity contribution in [3.8, 4) is 11.8 Å². The van der Waals surface area contributed by atoms with Gasteiger partial charge in [0.15, 0.2) is 0 Å². The molecule has 152 valence electrons. The lowest BCUT2D eigenvalue weighted by atomic mass is 10.1. The van der Waals surface area contributed by atoms with Crippen LogP contribution in [0.15, 0.2) is 24.3 Å². The predicted molar refractivity (Wildman–Crippen MR) is 98.9 cm³/mol. The topological polar surface area (TPSA) is 121 Å². The van der Waals surface area contributed by atoms with Crippen LogP contribution in [0.2, 0.25) is 0 Å². The summed E-state index contributed by atoms with van der Waals surface area (Å²) >= 11 is 0. The molecule has 1 aromatic carbocycles. The van der Waals surface area contributed by atoms with E-state index in [0.29, 0.717) is 5.75 Å². The number of nitrogens with zero attached hydrogens (tertiary/aromatic N) is 5. The minimum atomic E-state index is -3.36. The van der Waals surface area contributed by atoms with Crippen molar-refractivity contribution in [2.24, 2.45) is 0 Å². The van der Waals surface area contributed by atoms with E-state index in [1.807, 2.05) is 43.3 Å². The minimum Gasteiger partial charge on any atom is -0.423 e. The second-order valence-electron chi connectivity index (χ2n) is 7.06. The summed E-state index contributed by atoms with van der Waals surface area (Å²) in [7, 11) is 0.521. The molecule has 2 saturated heterocycles. The molecule has 0 amide bonds. The smallest absolute Gasteiger partial charge is 0.341 e. The van der Waals surface area contributed by atoms with Gasteiger partial charge < -0.3 is 19.1 Å². The number of hydrogen-bond donors (Lipinski definition) is 1. The van der Waals surface area contributed by atoms with Crippen LogP contribution < -0.4 is 14.4 Å². The van der Waals surface area contributed by atoms with E-state index in [1.165, 1.54) is 4.68 Å². The molecule has 0 unspecified atom stereocenters. The summed E-state index contributed by atoms with van der Waals surface area (Å²) in [6.45, 7) is 0.512. The van der Waals surface area contributed by atoms with Gasteiger partial charge in [0.05, 0.1) is 25.5 Å². The van der Waals surface area contributed by atoms with Crippen LogP contribution in [-0.4, -0.2) is 80.4 Å². The number of tetrazole rings is 1. The maximum absolute atomic E-state index is 11.5. The van der Waals surface area contributed by atoms with Gasteiger partial charge in [-0.15, -0.1) is 0 Å². The number of aromatic nitrogens is 4. The fourth-order valence-electron chi connectivity index (χ4n) is 3.46. The van der Waals surface area contributed by atoms with E-state index in [-0.39, 0.29) is 31.4 Å². The van der Waals surface area contributed by atoms with Crippen LogP contribution in [0.5, 0.6) is 11.8 Å². The van der Waals surface area contributed by atoms with Crippen LogP contribution in [0.3, 0.4) is 0 Å². The summed E-state index contributed by atoms with van der Waals surface area (Å²) in [5.74, 6) is 0.599. The van der Waals surface area contributed by atoms with Crippen LogP contribution in [0.1, 0.15) is 6.04 Å². The van der Waals surface area contributed by atoms with Crippen molar-refractivity contribution in [2.45, 2.75) is 24.3 Å². The SMILES string of the molecule is CN(C)c1cccc(Oc2nnnn2[C@@H]2CO[C@@H]3[C@@H]2OC[C@@H]3NS(C)(=O)=O)c1.